The van der Waals surface area contributed by atoms with Crippen LogP contribution in [0.3, 0.4) is 0 Å². The number of fused-ring (bicyclic) bond motifs is 1. The second-order valence-electron chi connectivity index (χ2n) is 6.57. The van der Waals surface area contributed by atoms with Crippen LogP contribution in [0, 0.1) is 35.1 Å². The Labute approximate surface area is 175 Å². The van der Waals surface area contributed by atoms with Gasteiger partial charge < -0.3 is 4.74 Å². The minimum Gasteiger partial charge on any atom is -0.491 e. The van der Waals surface area contributed by atoms with Crippen molar-refractivity contribution in [2.45, 2.75) is 6.92 Å². The van der Waals surface area contributed by atoms with E-state index in [1.54, 1.807) is 12.1 Å². The maximum absolute atomic E-state index is 14.5. The molecule has 0 aliphatic heterocycles. The van der Waals surface area contributed by atoms with Gasteiger partial charge in [0.2, 0.25) is 0 Å². The third-order valence-electron chi connectivity index (χ3n) is 4.45. The van der Waals surface area contributed by atoms with E-state index in [0.717, 1.165) is 24.3 Å². The Morgan fingerprint density at radius 3 is 2.06 bits per heavy atom. The molecule has 0 saturated heterocycles. The smallest absolute Gasteiger partial charge is 0.159 e. The second kappa shape index (κ2) is 8.44. The standard InChI is InChI=1S/C24H14F4N2O/c1-2-31-18-12-29-24(30-13-18)17-10-20(25)19(21(26)11-17)6-4-14-3-5-15-8-22(27)23(28)9-16(15)7-14/h3,5,7-13H,2H2,1H3. The number of benzene rings is 3. The first-order valence-electron chi connectivity index (χ1n) is 9.29. The summed E-state index contributed by atoms with van der Waals surface area (Å²) in [6, 6.07) is 8.95. The van der Waals surface area contributed by atoms with Crippen molar-refractivity contribution < 1.29 is 22.3 Å². The van der Waals surface area contributed by atoms with E-state index in [9.17, 15) is 17.6 Å². The highest BCUT2D eigenvalue weighted by atomic mass is 19.2. The first-order chi connectivity index (χ1) is 14.9. The zero-order valence-corrected chi connectivity index (χ0v) is 16.2. The number of halogens is 4. The van der Waals surface area contributed by atoms with Crippen LogP contribution in [0.25, 0.3) is 22.2 Å². The molecule has 0 spiro atoms. The van der Waals surface area contributed by atoms with Crippen molar-refractivity contribution in [1.82, 2.24) is 9.97 Å². The van der Waals surface area contributed by atoms with E-state index in [4.69, 9.17) is 4.74 Å². The number of nitrogens with zero attached hydrogens (tertiary/aromatic N) is 2. The third kappa shape index (κ3) is 4.33. The predicted octanol–water partition coefficient (Wildman–Crippen LogP) is 5.65. The molecule has 0 saturated carbocycles. The summed E-state index contributed by atoms with van der Waals surface area (Å²) in [4.78, 5) is 8.10. The number of aromatic nitrogens is 2. The van der Waals surface area contributed by atoms with Crippen LogP contribution in [-0.4, -0.2) is 16.6 Å². The highest BCUT2D eigenvalue weighted by molar-refractivity contribution is 5.84. The Morgan fingerprint density at radius 2 is 1.42 bits per heavy atom. The van der Waals surface area contributed by atoms with Gasteiger partial charge in [-0.1, -0.05) is 17.9 Å². The van der Waals surface area contributed by atoms with Gasteiger partial charge in [-0.25, -0.2) is 27.5 Å². The highest BCUT2D eigenvalue weighted by Crippen LogP contribution is 2.23. The molecule has 4 aromatic rings. The minimum absolute atomic E-state index is 0.143. The first-order valence-corrected chi connectivity index (χ1v) is 9.29. The van der Waals surface area contributed by atoms with E-state index >= 15 is 0 Å². The van der Waals surface area contributed by atoms with Gasteiger partial charge in [0, 0.05) is 11.1 Å². The summed E-state index contributed by atoms with van der Waals surface area (Å²) in [7, 11) is 0. The average molecular weight is 422 g/mol. The van der Waals surface area contributed by atoms with Crippen LogP contribution in [0.5, 0.6) is 5.75 Å². The number of hydrogen-bond donors (Lipinski definition) is 0. The largest absolute Gasteiger partial charge is 0.491 e. The maximum Gasteiger partial charge on any atom is 0.159 e. The molecule has 0 bridgehead atoms. The van der Waals surface area contributed by atoms with E-state index < -0.39 is 28.8 Å². The lowest BCUT2D eigenvalue weighted by Gasteiger charge is -2.05. The lowest BCUT2D eigenvalue weighted by molar-refractivity contribution is 0.337. The van der Waals surface area contributed by atoms with Crippen LogP contribution in [0.4, 0.5) is 17.6 Å². The Hall–Kier alpha value is -3.92. The van der Waals surface area contributed by atoms with Crippen molar-refractivity contribution in [3.05, 3.63) is 89.3 Å². The second-order valence-corrected chi connectivity index (χ2v) is 6.57. The molecule has 0 unspecified atom stereocenters. The Balaban J connectivity index is 1.65. The van der Waals surface area contributed by atoms with E-state index in [1.807, 2.05) is 6.92 Å². The lowest BCUT2D eigenvalue weighted by atomic mass is 10.1. The molecule has 7 heteroatoms. The van der Waals surface area contributed by atoms with E-state index in [1.165, 1.54) is 18.5 Å². The average Bonchev–Trinajstić information content (AvgIpc) is 2.75. The number of ether oxygens (including phenoxy) is 1. The highest BCUT2D eigenvalue weighted by Gasteiger charge is 2.12. The molecule has 3 aromatic carbocycles. The lowest BCUT2D eigenvalue weighted by Crippen LogP contribution is -1.97. The summed E-state index contributed by atoms with van der Waals surface area (Å²) in [5.41, 5.74) is 0.142. The van der Waals surface area contributed by atoms with Crippen molar-refractivity contribution in [3.8, 4) is 29.0 Å². The molecular weight excluding hydrogens is 408 g/mol. The Morgan fingerprint density at radius 1 is 0.774 bits per heavy atom. The topological polar surface area (TPSA) is 35.0 Å². The quantitative estimate of drug-likeness (QED) is 0.316. The molecular formula is C24H14F4N2O. The molecule has 0 radical (unpaired) electrons. The van der Waals surface area contributed by atoms with Gasteiger partial charge in [0.05, 0.1) is 24.6 Å². The van der Waals surface area contributed by atoms with Crippen molar-refractivity contribution in [1.29, 1.82) is 0 Å². The van der Waals surface area contributed by atoms with Crippen molar-refractivity contribution in [2.75, 3.05) is 6.61 Å². The molecule has 1 heterocycles. The van der Waals surface area contributed by atoms with Crippen molar-refractivity contribution in [3.63, 3.8) is 0 Å². The monoisotopic (exact) mass is 422 g/mol. The zero-order chi connectivity index (χ0) is 22.0. The van der Waals surface area contributed by atoms with Gasteiger partial charge in [-0.3, -0.25) is 0 Å². The van der Waals surface area contributed by atoms with E-state index in [0.29, 0.717) is 28.7 Å². The maximum atomic E-state index is 14.5. The van der Waals surface area contributed by atoms with E-state index in [-0.39, 0.29) is 11.4 Å². The SMILES string of the molecule is CCOc1cnc(-c2cc(F)c(C#Cc3ccc4cc(F)c(F)cc4c3)c(F)c2)nc1. The van der Waals surface area contributed by atoms with Crippen LogP contribution in [0.15, 0.2) is 54.9 Å². The van der Waals surface area contributed by atoms with Crippen molar-refractivity contribution >= 4 is 10.8 Å². The predicted molar refractivity (Wildman–Crippen MR) is 108 cm³/mol. The molecule has 0 atom stereocenters. The molecule has 0 fully saturated rings. The van der Waals surface area contributed by atoms with Gasteiger partial charge in [0.15, 0.2) is 23.2 Å². The summed E-state index contributed by atoms with van der Waals surface area (Å²) >= 11 is 0. The van der Waals surface area contributed by atoms with Crippen LogP contribution < -0.4 is 4.74 Å². The molecule has 0 amide bonds. The molecule has 0 N–H and O–H groups in total. The first kappa shape index (κ1) is 20.4. The van der Waals surface area contributed by atoms with Gasteiger partial charge in [-0.2, -0.15) is 0 Å². The summed E-state index contributed by atoms with van der Waals surface area (Å²) in [6.45, 7) is 2.26. The Kier molecular flexibility index (Phi) is 5.54. The third-order valence-corrected chi connectivity index (χ3v) is 4.45. The molecule has 3 nitrogen and oxygen atoms in total. The molecule has 154 valence electrons. The number of hydrogen-bond acceptors (Lipinski definition) is 3. The molecule has 4 rings (SSSR count). The van der Waals surface area contributed by atoms with Crippen LogP contribution in [0.1, 0.15) is 18.1 Å². The summed E-state index contributed by atoms with van der Waals surface area (Å²) in [6.07, 6.45) is 2.84. The molecule has 31 heavy (non-hydrogen) atoms. The van der Waals surface area contributed by atoms with Crippen LogP contribution in [-0.2, 0) is 0 Å². The Bertz CT molecular complexity index is 1320. The summed E-state index contributed by atoms with van der Waals surface area (Å²) < 4.78 is 61.1. The van der Waals surface area contributed by atoms with Gasteiger partial charge in [-0.15, -0.1) is 0 Å². The molecule has 0 aliphatic rings. The fraction of sp³-hybridized carbons (Fsp3) is 0.0833. The molecule has 1 aromatic heterocycles. The summed E-state index contributed by atoms with van der Waals surface area (Å²) in [5, 5.41) is 0.913. The van der Waals surface area contributed by atoms with Gasteiger partial charge in [0.25, 0.3) is 0 Å². The van der Waals surface area contributed by atoms with Gasteiger partial charge >= 0.3 is 0 Å². The van der Waals surface area contributed by atoms with Gasteiger partial charge in [-0.05, 0) is 54.1 Å². The van der Waals surface area contributed by atoms with E-state index in [2.05, 4.69) is 21.8 Å². The fourth-order valence-electron chi connectivity index (χ4n) is 2.98. The number of rotatable bonds is 3. The van der Waals surface area contributed by atoms with Crippen LogP contribution in [0.2, 0.25) is 0 Å². The minimum atomic E-state index is -0.984. The normalized spacial score (nSPS) is 10.6. The van der Waals surface area contributed by atoms with Crippen LogP contribution >= 0.6 is 0 Å². The van der Waals surface area contributed by atoms with Gasteiger partial charge in [0.1, 0.15) is 11.6 Å². The molecule has 0 aliphatic carbocycles. The fourth-order valence-corrected chi connectivity index (χ4v) is 2.98. The van der Waals surface area contributed by atoms with Crippen molar-refractivity contribution in [2.24, 2.45) is 0 Å². The zero-order valence-electron chi connectivity index (χ0n) is 16.2. The summed E-state index contributed by atoms with van der Waals surface area (Å²) in [5.74, 6) is 2.04.